The number of nitrogens with zero attached hydrogens (tertiary/aromatic N) is 2. The molecule has 1 aliphatic rings. The van der Waals surface area contributed by atoms with Crippen LogP contribution in [-0.4, -0.2) is 40.1 Å². The van der Waals surface area contributed by atoms with E-state index in [2.05, 4.69) is 10.3 Å². The van der Waals surface area contributed by atoms with Crippen molar-refractivity contribution in [1.82, 2.24) is 15.2 Å². The quantitative estimate of drug-likeness (QED) is 0.874. The molecular weight excluding hydrogens is 290 g/mol. The number of nitrogens with one attached hydrogen (secondary N) is 1. The molecule has 1 aliphatic heterocycles. The summed E-state index contributed by atoms with van der Waals surface area (Å²) in [6.07, 6.45) is 4.49. The number of hydrogen-bond acceptors (Lipinski definition) is 4. The Balaban J connectivity index is 1.96. The highest BCUT2D eigenvalue weighted by Gasteiger charge is 2.42. The van der Waals surface area contributed by atoms with E-state index in [1.807, 2.05) is 12.3 Å². The number of aliphatic carboxylic acids is 1. The molecule has 0 radical (unpaired) electrons. The van der Waals surface area contributed by atoms with Crippen molar-refractivity contribution in [2.24, 2.45) is 5.41 Å². The van der Waals surface area contributed by atoms with Crippen LogP contribution in [0.15, 0.2) is 11.6 Å². The number of carbonyl (C=O) groups excluding carboxylic acids is 1. The van der Waals surface area contributed by atoms with E-state index in [4.69, 9.17) is 0 Å². The fraction of sp³-hybridized carbons (Fsp3) is 0.643. The van der Waals surface area contributed by atoms with Crippen molar-refractivity contribution >= 4 is 23.3 Å². The Morgan fingerprint density at radius 2 is 2.38 bits per heavy atom. The Kier molecular flexibility index (Phi) is 5.17. The third kappa shape index (κ3) is 3.72. The van der Waals surface area contributed by atoms with Gasteiger partial charge in [-0.05, 0) is 19.3 Å². The predicted octanol–water partition coefficient (Wildman–Crippen LogP) is 2.32. The molecule has 0 bridgehead atoms. The molecule has 1 saturated heterocycles. The topological polar surface area (TPSA) is 82.5 Å². The van der Waals surface area contributed by atoms with Gasteiger partial charge in [-0.15, -0.1) is 11.3 Å². The van der Waals surface area contributed by atoms with E-state index in [9.17, 15) is 14.7 Å². The molecule has 0 saturated carbocycles. The Bertz CT molecular complexity index is 488. The Labute approximate surface area is 128 Å². The molecule has 21 heavy (non-hydrogen) atoms. The molecule has 1 aromatic rings. The Hall–Kier alpha value is -1.63. The van der Waals surface area contributed by atoms with Crippen LogP contribution >= 0.6 is 11.3 Å². The summed E-state index contributed by atoms with van der Waals surface area (Å²) in [6, 6.07) is -0.202. The molecule has 0 spiro atoms. The Morgan fingerprint density at radius 1 is 1.57 bits per heavy atom. The second-order valence-electron chi connectivity index (χ2n) is 5.45. The fourth-order valence-electron chi connectivity index (χ4n) is 2.87. The first-order chi connectivity index (χ1) is 10.1. The molecule has 1 aromatic heterocycles. The van der Waals surface area contributed by atoms with Crippen LogP contribution in [0.5, 0.6) is 0 Å². The third-order valence-electron chi connectivity index (χ3n) is 3.92. The average Bonchev–Trinajstić information content (AvgIpc) is 2.98. The number of likely N-dealkylation sites (tertiary alicyclic amines) is 1. The lowest BCUT2D eigenvalue weighted by molar-refractivity contribution is -0.152. The monoisotopic (exact) mass is 311 g/mol. The lowest BCUT2D eigenvalue weighted by Crippen LogP contribution is -2.52. The number of amides is 2. The van der Waals surface area contributed by atoms with Gasteiger partial charge < -0.3 is 15.3 Å². The van der Waals surface area contributed by atoms with Gasteiger partial charge in [-0.2, -0.15) is 0 Å². The standard InChI is InChI=1S/C14H21N3O3S/c1-2-4-14(12(18)19)5-3-7-17(10-14)13(20)16-9-11-15-6-8-21-11/h6,8H,2-5,7,9-10H2,1H3,(H,16,20)(H,18,19). The van der Waals surface area contributed by atoms with Crippen LogP contribution in [0.2, 0.25) is 0 Å². The highest BCUT2D eigenvalue weighted by Crippen LogP contribution is 2.35. The van der Waals surface area contributed by atoms with Crippen molar-refractivity contribution in [3.05, 3.63) is 16.6 Å². The zero-order valence-electron chi connectivity index (χ0n) is 12.2. The van der Waals surface area contributed by atoms with E-state index in [0.717, 1.165) is 17.8 Å². The molecule has 0 aliphatic carbocycles. The molecule has 2 amide bonds. The minimum Gasteiger partial charge on any atom is -0.481 e. The van der Waals surface area contributed by atoms with Gasteiger partial charge in [0, 0.05) is 24.7 Å². The fourth-order valence-corrected chi connectivity index (χ4v) is 3.43. The number of urea groups is 1. The number of aromatic nitrogens is 1. The number of carbonyl (C=O) groups is 2. The minimum atomic E-state index is -0.790. The lowest BCUT2D eigenvalue weighted by atomic mass is 9.76. The van der Waals surface area contributed by atoms with Gasteiger partial charge in [-0.25, -0.2) is 9.78 Å². The second kappa shape index (κ2) is 6.89. The van der Waals surface area contributed by atoms with Gasteiger partial charge in [0.15, 0.2) is 0 Å². The van der Waals surface area contributed by atoms with Crippen molar-refractivity contribution in [2.75, 3.05) is 13.1 Å². The molecule has 1 unspecified atom stereocenters. The van der Waals surface area contributed by atoms with Crippen LogP contribution in [-0.2, 0) is 11.3 Å². The van der Waals surface area contributed by atoms with Gasteiger partial charge in [-0.3, -0.25) is 4.79 Å². The van der Waals surface area contributed by atoms with Crippen molar-refractivity contribution in [3.8, 4) is 0 Å². The average molecular weight is 311 g/mol. The van der Waals surface area contributed by atoms with Crippen LogP contribution in [0.1, 0.15) is 37.6 Å². The van der Waals surface area contributed by atoms with E-state index in [0.29, 0.717) is 32.5 Å². The molecule has 1 fully saturated rings. The second-order valence-corrected chi connectivity index (χ2v) is 6.42. The van der Waals surface area contributed by atoms with Gasteiger partial charge in [0.05, 0.1) is 12.0 Å². The normalized spacial score (nSPS) is 22.0. The summed E-state index contributed by atoms with van der Waals surface area (Å²) >= 11 is 1.49. The summed E-state index contributed by atoms with van der Waals surface area (Å²) in [5, 5.41) is 15.1. The molecule has 6 nitrogen and oxygen atoms in total. The summed E-state index contributed by atoms with van der Waals surface area (Å²) in [5.41, 5.74) is -0.786. The summed E-state index contributed by atoms with van der Waals surface area (Å²) in [5.74, 6) is -0.790. The molecular formula is C14H21N3O3S. The number of carboxylic acids is 1. The van der Waals surface area contributed by atoms with Crippen LogP contribution < -0.4 is 5.32 Å². The lowest BCUT2D eigenvalue weighted by Gasteiger charge is -2.39. The summed E-state index contributed by atoms with van der Waals surface area (Å²) < 4.78 is 0. The molecule has 7 heteroatoms. The van der Waals surface area contributed by atoms with Crippen molar-refractivity contribution in [2.45, 2.75) is 39.2 Å². The van der Waals surface area contributed by atoms with Gasteiger partial charge in [0.1, 0.15) is 5.01 Å². The van der Waals surface area contributed by atoms with Crippen LogP contribution in [0.3, 0.4) is 0 Å². The number of piperidine rings is 1. The first kappa shape index (κ1) is 15.8. The first-order valence-corrected chi connectivity index (χ1v) is 8.10. The highest BCUT2D eigenvalue weighted by molar-refractivity contribution is 7.09. The van der Waals surface area contributed by atoms with Crippen molar-refractivity contribution in [3.63, 3.8) is 0 Å². The van der Waals surface area contributed by atoms with Crippen molar-refractivity contribution < 1.29 is 14.7 Å². The maximum atomic E-state index is 12.2. The SMILES string of the molecule is CCCC1(C(=O)O)CCCN(C(=O)NCc2nccs2)C1. The number of hydrogen-bond donors (Lipinski definition) is 2. The van der Waals surface area contributed by atoms with E-state index >= 15 is 0 Å². The zero-order chi connectivity index (χ0) is 15.3. The minimum absolute atomic E-state index is 0.202. The van der Waals surface area contributed by atoms with Crippen LogP contribution in [0, 0.1) is 5.41 Å². The van der Waals surface area contributed by atoms with E-state index < -0.39 is 11.4 Å². The van der Waals surface area contributed by atoms with Crippen LogP contribution in [0.4, 0.5) is 4.79 Å². The molecule has 2 N–H and O–H groups in total. The summed E-state index contributed by atoms with van der Waals surface area (Å²) in [7, 11) is 0. The van der Waals surface area contributed by atoms with Gasteiger partial charge >= 0.3 is 12.0 Å². The third-order valence-corrected chi connectivity index (χ3v) is 4.70. The summed E-state index contributed by atoms with van der Waals surface area (Å²) in [4.78, 5) is 29.6. The number of rotatable bonds is 5. The van der Waals surface area contributed by atoms with E-state index in [1.54, 1.807) is 11.1 Å². The molecule has 1 atom stereocenters. The molecule has 0 aromatic carbocycles. The van der Waals surface area contributed by atoms with Gasteiger partial charge in [-0.1, -0.05) is 13.3 Å². The maximum Gasteiger partial charge on any atom is 0.317 e. The van der Waals surface area contributed by atoms with E-state index in [1.165, 1.54) is 11.3 Å². The van der Waals surface area contributed by atoms with Gasteiger partial charge in [0.2, 0.25) is 0 Å². The highest BCUT2D eigenvalue weighted by atomic mass is 32.1. The largest absolute Gasteiger partial charge is 0.481 e. The number of carboxylic acid groups (broad SMARTS) is 1. The number of thiazole rings is 1. The Morgan fingerprint density at radius 3 is 3.00 bits per heavy atom. The molecule has 2 rings (SSSR count). The zero-order valence-corrected chi connectivity index (χ0v) is 13.0. The summed E-state index contributed by atoms with van der Waals surface area (Å²) in [6.45, 7) is 3.27. The first-order valence-electron chi connectivity index (χ1n) is 7.22. The van der Waals surface area contributed by atoms with Crippen molar-refractivity contribution in [1.29, 1.82) is 0 Å². The van der Waals surface area contributed by atoms with E-state index in [-0.39, 0.29) is 6.03 Å². The smallest absolute Gasteiger partial charge is 0.317 e. The predicted molar refractivity (Wildman–Crippen MR) is 80.1 cm³/mol. The molecule has 2 heterocycles. The maximum absolute atomic E-state index is 12.2. The van der Waals surface area contributed by atoms with Crippen LogP contribution in [0.25, 0.3) is 0 Å². The molecule has 116 valence electrons. The van der Waals surface area contributed by atoms with Gasteiger partial charge in [0.25, 0.3) is 0 Å².